The van der Waals surface area contributed by atoms with Gasteiger partial charge >= 0.3 is 5.69 Å². The van der Waals surface area contributed by atoms with Crippen molar-refractivity contribution in [1.29, 1.82) is 0 Å². The summed E-state index contributed by atoms with van der Waals surface area (Å²) in [5.41, 5.74) is 1.56. The summed E-state index contributed by atoms with van der Waals surface area (Å²) in [6.07, 6.45) is 0.560. The highest BCUT2D eigenvalue weighted by Gasteiger charge is 2.21. The molecule has 2 aromatic rings. The summed E-state index contributed by atoms with van der Waals surface area (Å²) >= 11 is 5.70. The molecule has 0 saturated carbocycles. The quantitative estimate of drug-likeness (QED) is 0.485. The average Bonchev–Trinajstić information content (AvgIpc) is 2.55. The van der Waals surface area contributed by atoms with Gasteiger partial charge in [0.2, 0.25) is 0 Å². The molecular weight excluding hydrogens is 218 g/mol. The van der Waals surface area contributed by atoms with Gasteiger partial charge in [0.15, 0.2) is 5.52 Å². The molecule has 6 heteroatoms. The van der Waals surface area contributed by atoms with E-state index >= 15 is 0 Å². The summed E-state index contributed by atoms with van der Waals surface area (Å²) in [7, 11) is 0. The largest absolute Gasteiger partial charge is 0.351 e. The van der Waals surface area contributed by atoms with Crippen LogP contribution < -0.4 is 0 Å². The molecule has 0 aromatic carbocycles. The van der Waals surface area contributed by atoms with Gasteiger partial charge in [-0.2, -0.15) is 0 Å². The molecule has 0 fully saturated rings. The Morgan fingerprint density at radius 3 is 2.93 bits per heavy atom. The Hall–Kier alpha value is -1.62. The number of rotatable bonds is 2. The van der Waals surface area contributed by atoms with E-state index in [0.29, 0.717) is 23.1 Å². The molecule has 0 amide bonds. The zero-order valence-electron chi connectivity index (χ0n) is 7.95. The number of nitro groups is 1. The molecule has 0 radical (unpaired) electrons. The molecule has 1 N–H and O–H groups in total. The fourth-order valence-corrected chi connectivity index (χ4v) is 1.68. The van der Waals surface area contributed by atoms with Crippen molar-refractivity contribution in [2.45, 2.75) is 13.3 Å². The lowest BCUT2D eigenvalue weighted by atomic mass is 10.3. The third-order valence-corrected chi connectivity index (χ3v) is 2.40. The number of nitrogens with one attached hydrogen (secondary N) is 1. The summed E-state index contributed by atoms with van der Waals surface area (Å²) in [6, 6.07) is 3.29. The van der Waals surface area contributed by atoms with Gasteiger partial charge in [-0.05, 0) is 18.6 Å². The number of fused-ring (bicyclic) bond motifs is 1. The molecule has 0 spiro atoms. The number of hydrogen-bond donors (Lipinski definition) is 1. The number of nitrogens with zero attached hydrogens (tertiary/aromatic N) is 2. The monoisotopic (exact) mass is 225 g/mol. The number of hydrogen-bond acceptors (Lipinski definition) is 3. The molecule has 2 rings (SSSR count). The zero-order valence-corrected chi connectivity index (χ0v) is 8.71. The van der Waals surface area contributed by atoms with Gasteiger partial charge in [-0.25, -0.2) is 4.98 Å². The van der Waals surface area contributed by atoms with Gasteiger partial charge in [-0.15, -0.1) is 0 Å². The van der Waals surface area contributed by atoms with Crippen molar-refractivity contribution in [2.75, 3.05) is 0 Å². The Morgan fingerprint density at radius 2 is 2.33 bits per heavy atom. The summed E-state index contributed by atoms with van der Waals surface area (Å²) in [4.78, 5) is 17.4. The van der Waals surface area contributed by atoms with Crippen LogP contribution in [0.1, 0.15) is 12.6 Å². The fourth-order valence-electron chi connectivity index (χ4n) is 1.53. The van der Waals surface area contributed by atoms with Crippen LogP contribution in [0.25, 0.3) is 11.0 Å². The van der Waals surface area contributed by atoms with E-state index in [-0.39, 0.29) is 10.8 Å². The number of halogens is 1. The van der Waals surface area contributed by atoms with Crippen LogP contribution in [0.2, 0.25) is 5.15 Å². The first-order chi connectivity index (χ1) is 7.13. The van der Waals surface area contributed by atoms with E-state index in [9.17, 15) is 10.1 Å². The van der Waals surface area contributed by atoms with E-state index in [0.717, 1.165) is 0 Å². The first-order valence-corrected chi connectivity index (χ1v) is 4.82. The van der Waals surface area contributed by atoms with Gasteiger partial charge in [0.05, 0.1) is 16.1 Å². The number of pyridine rings is 1. The molecule has 5 nitrogen and oxygen atoms in total. The fraction of sp³-hybridized carbons (Fsp3) is 0.222. The molecule has 0 aliphatic heterocycles. The summed E-state index contributed by atoms with van der Waals surface area (Å²) < 4.78 is 0. The highest BCUT2D eigenvalue weighted by atomic mass is 35.5. The second kappa shape index (κ2) is 3.51. The number of aryl methyl sites for hydroxylation is 1. The second-order valence-corrected chi connectivity index (χ2v) is 3.48. The van der Waals surface area contributed by atoms with Crippen molar-refractivity contribution >= 4 is 28.3 Å². The lowest BCUT2D eigenvalue weighted by Gasteiger charge is -1.91. The highest BCUT2D eigenvalue weighted by molar-refractivity contribution is 6.29. The first kappa shape index (κ1) is 9.92. The minimum Gasteiger partial charge on any atom is -0.351 e. The van der Waals surface area contributed by atoms with Crippen LogP contribution in [0.4, 0.5) is 5.69 Å². The van der Waals surface area contributed by atoms with E-state index in [1.807, 2.05) is 6.92 Å². The van der Waals surface area contributed by atoms with Crippen LogP contribution in [-0.2, 0) is 6.42 Å². The number of aromatic nitrogens is 2. The van der Waals surface area contributed by atoms with Crippen LogP contribution in [0.5, 0.6) is 0 Å². The Morgan fingerprint density at radius 1 is 1.60 bits per heavy atom. The maximum atomic E-state index is 10.9. The first-order valence-electron chi connectivity index (χ1n) is 4.45. The van der Waals surface area contributed by atoms with Crippen molar-refractivity contribution < 1.29 is 4.92 Å². The Labute approximate surface area is 90.2 Å². The smallest absolute Gasteiger partial charge is 0.316 e. The maximum absolute atomic E-state index is 10.9. The van der Waals surface area contributed by atoms with Gasteiger partial charge in [0.25, 0.3) is 0 Å². The molecular formula is C9H8ClN3O2. The molecule has 0 aliphatic rings. The van der Waals surface area contributed by atoms with E-state index in [1.54, 1.807) is 12.1 Å². The molecule has 2 heterocycles. The SMILES string of the molecule is CCc1[nH]c2ccc(Cl)nc2c1[N+](=O)[O-]. The molecule has 78 valence electrons. The number of H-pyrrole nitrogens is 1. The van der Waals surface area contributed by atoms with Crippen molar-refractivity contribution in [3.8, 4) is 0 Å². The van der Waals surface area contributed by atoms with Crippen molar-refractivity contribution in [3.63, 3.8) is 0 Å². The molecule has 15 heavy (non-hydrogen) atoms. The zero-order chi connectivity index (χ0) is 11.0. The summed E-state index contributed by atoms with van der Waals surface area (Å²) in [5.74, 6) is 0. The Bertz CT molecular complexity index is 535. The van der Waals surface area contributed by atoms with Crippen LogP contribution in [0, 0.1) is 10.1 Å². The normalized spacial score (nSPS) is 10.8. The lowest BCUT2D eigenvalue weighted by molar-refractivity contribution is -0.383. The second-order valence-electron chi connectivity index (χ2n) is 3.09. The summed E-state index contributed by atoms with van der Waals surface area (Å²) in [5, 5.41) is 11.1. The van der Waals surface area contributed by atoms with E-state index in [1.165, 1.54) is 0 Å². The van der Waals surface area contributed by atoms with Gasteiger partial charge < -0.3 is 4.98 Å². The molecule has 0 saturated heterocycles. The predicted octanol–water partition coefficient (Wildman–Crippen LogP) is 2.69. The Balaban J connectivity index is 2.82. The van der Waals surface area contributed by atoms with Crippen LogP contribution in [-0.4, -0.2) is 14.9 Å². The molecule has 2 aromatic heterocycles. The predicted molar refractivity (Wildman–Crippen MR) is 57.1 cm³/mol. The third kappa shape index (κ3) is 1.55. The average molecular weight is 226 g/mol. The van der Waals surface area contributed by atoms with Gasteiger partial charge in [-0.3, -0.25) is 10.1 Å². The van der Waals surface area contributed by atoms with Gasteiger partial charge in [-0.1, -0.05) is 18.5 Å². The van der Waals surface area contributed by atoms with Crippen LogP contribution in [0.3, 0.4) is 0 Å². The third-order valence-electron chi connectivity index (χ3n) is 2.19. The Kier molecular flexibility index (Phi) is 2.32. The van der Waals surface area contributed by atoms with Crippen molar-refractivity contribution in [3.05, 3.63) is 33.1 Å². The van der Waals surface area contributed by atoms with E-state index < -0.39 is 4.92 Å². The highest BCUT2D eigenvalue weighted by Crippen LogP contribution is 2.29. The molecule has 0 bridgehead atoms. The minimum atomic E-state index is -0.430. The minimum absolute atomic E-state index is 0.0231. The lowest BCUT2D eigenvalue weighted by Crippen LogP contribution is -1.92. The van der Waals surface area contributed by atoms with Gasteiger partial charge in [0, 0.05) is 0 Å². The van der Waals surface area contributed by atoms with E-state index in [4.69, 9.17) is 11.6 Å². The van der Waals surface area contributed by atoms with E-state index in [2.05, 4.69) is 9.97 Å². The van der Waals surface area contributed by atoms with Gasteiger partial charge in [0.1, 0.15) is 5.15 Å². The maximum Gasteiger partial charge on any atom is 0.316 e. The summed E-state index contributed by atoms with van der Waals surface area (Å²) in [6.45, 7) is 1.85. The topological polar surface area (TPSA) is 71.8 Å². The van der Waals surface area contributed by atoms with Crippen LogP contribution in [0.15, 0.2) is 12.1 Å². The number of aromatic amines is 1. The van der Waals surface area contributed by atoms with Crippen molar-refractivity contribution in [1.82, 2.24) is 9.97 Å². The standard InChI is InChI=1S/C9H8ClN3O2/c1-2-5-9(13(14)15)8-6(11-5)3-4-7(10)12-8/h3-4,11H,2H2,1H3. The molecule has 0 atom stereocenters. The molecule has 0 unspecified atom stereocenters. The molecule has 0 aliphatic carbocycles. The van der Waals surface area contributed by atoms with Crippen molar-refractivity contribution in [2.24, 2.45) is 0 Å². The van der Waals surface area contributed by atoms with Crippen LogP contribution >= 0.6 is 11.6 Å².